The molecule has 0 aliphatic carbocycles. The van der Waals surface area contributed by atoms with Gasteiger partial charge in [0.1, 0.15) is 11.6 Å². The molecule has 3 N–H and O–H groups in total. The quantitative estimate of drug-likeness (QED) is 0.624. The number of rotatable bonds is 4. The van der Waals surface area contributed by atoms with Crippen molar-refractivity contribution < 1.29 is 17.9 Å². The smallest absolute Gasteiger partial charge is 0.406 e. The first-order valence-corrected chi connectivity index (χ1v) is 7.05. The molecule has 2 aromatic rings. The summed E-state index contributed by atoms with van der Waals surface area (Å²) in [7, 11) is 0. The van der Waals surface area contributed by atoms with Crippen LogP contribution in [0.4, 0.5) is 24.1 Å². The number of anilines is 2. The fourth-order valence-corrected chi connectivity index (χ4v) is 2.39. The number of hydrazone groups is 1. The number of hydrogen-bond donors (Lipinski definition) is 2. The Labute approximate surface area is 129 Å². The van der Waals surface area contributed by atoms with Gasteiger partial charge < -0.3 is 10.5 Å². The van der Waals surface area contributed by atoms with Crippen LogP contribution in [0.2, 0.25) is 0 Å². The second-order valence-electron chi connectivity index (χ2n) is 3.72. The number of nitrogens with two attached hydrogens (primary N) is 1. The second kappa shape index (κ2) is 6.31. The summed E-state index contributed by atoms with van der Waals surface area (Å²) < 4.78 is 40.8. The molecule has 0 radical (unpaired) electrons. The fourth-order valence-electron chi connectivity index (χ4n) is 1.35. The molecule has 0 aliphatic heterocycles. The molecule has 0 saturated heterocycles. The number of nitrogen functional groups attached to an aromatic ring is 1. The Morgan fingerprint density at radius 3 is 2.76 bits per heavy atom. The van der Waals surface area contributed by atoms with E-state index in [-0.39, 0.29) is 5.75 Å². The Hall–Kier alpha value is -1.81. The third kappa shape index (κ3) is 5.23. The average Bonchev–Trinajstić information content (AvgIpc) is 2.72. The van der Waals surface area contributed by atoms with Gasteiger partial charge in [-0.1, -0.05) is 15.9 Å². The van der Waals surface area contributed by atoms with Crippen LogP contribution in [-0.4, -0.2) is 17.6 Å². The fraction of sp³-hybridized carbons (Fsp3) is 0.0909. The van der Waals surface area contributed by atoms with Crippen LogP contribution in [0.5, 0.6) is 5.75 Å². The Morgan fingerprint density at radius 1 is 1.38 bits per heavy atom. The highest BCUT2D eigenvalue weighted by atomic mass is 79.9. The van der Waals surface area contributed by atoms with Crippen molar-refractivity contribution in [2.75, 3.05) is 11.2 Å². The zero-order chi connectivity index (χ0) is 15.5. The molecule has 0 amide bonds. The molecule has 5 nitrogen and oxygen atoms in total. The van der Waals surface area contributed by atoms with Crippen molar-refractivity contribution >= 4 is 44.4 Å². The molecular weight excluding hydrogens is 373 g/mol. The third-order valence-corrected chi connectivity index (χ3v) is 3.25. The lowest BCUT2D eigenvalue weighted by molar-refractivity contribution is -0.274. The molecule has 112 valence electrons. The van der Waals surface area contributed by atoms with Crippen LogP contribution in [0.1, 0.15) is 5.56 Å². The first-order chi connectivity index (χ1) is 9.82. The Balaban J connectivity index is 2.08. The zero-order valence-electron chi connectivity index (χ0n) is 10.2. The van der Waals surface area contributed by atoms with Gasteiger partial charge in [0.25, 0.3) is 0 Å². The molecule has 1 heterocycles. The van der Waals surface area contributed by atoms with Gasteiger partial charge in [0, 0.05) is 9.85 Å². The summed E-state index contributed by atoms with van der Waals surface area (Å²) in [6.45, 7) is 0. The molecule has 0 atom stereocenters. The molecule has 1 aromatic carbocycles. The van der Waals surface area contributed by atoms with E-state index in [1.807, 2.05) is 0 Å². The van der Waals surface area contributed by atoms with Crippen molar-refractivity contribution in [1.29, 1.82) is 0 Å². The van der Waals surface area contributed by atoms with E-state index in [2.05, 4.69) is 36.2 Å². The van der Waals surface area contributed by atoms with E-state index in [0.29, 0.717) is 21.0 Å². The normalized spacial score (nSPS) is 11.8. The predicted octanol–water partition coefficient (Wildman–Crippen LogP) is 3.83. The minimum atomic E-state index is -4.74. The van der Waals surface area contributed by atoms with Crippen molar-refractivity contribution in [3.8, 4) is 5.75 Å². The van der Waals surface area contributed by atoms with Crippen LogP contribution in [0, 0.1) is 0 Å². The number of halogens is 4. The van der Waals surface area contributed by atoms with E-state index < -0.39 is 6.36 Å². The number of aromatic nitrogens is 1. The highest BCUT2D eigenvalue weighted by Gasteiger charge is 2.31. The van der Waals surface area contributed by atoms with Crippen molar-refractivity contribution in [2.24, 2.45) is 5.10 Å². The van der Waals surface area contributed by atoms with Gasteiger partial charge in [-0.05, 0) is 23.8 Å². The number of nitrogens with one attached hydrogen (secondary N) is 1. The molecule has 0 bridgehead atoms. The van der Waals surface area contributed by atoms with E-state index in [0.717, 1.165) is 0 Å². The minimum absolute atomic E-state index is 0.336. The molecule has 0 unspecified atom stereocenters. The lowest BCUT2D eigenvalue weighted by atomic mass is 10.2. The summed E-state index contributed by atoms with van der Waals surface area (Å²) in [6, 6.07) is 4.00. The monoisotopic (exact) mass is 380 g/mol. The number of hydrogen-bond acceptors (Lipinski definition) is 6. The lowest BCUT2D eigenvalue weighted by Gasteiger charge is -2.09. The first kappa shape index (κ1) is 15.6. The Bertz CT molecular complexity index is 659. The zero-order valence-corrected chi connectivity index (χ0v) is 12.6. The third-order valence-electron chi connectivity index (χ3n) is 2.02. The van der Waals surface area contributed by atoms with Gasteiger partial charge in [-0.25, -0.2) is 4.98 Å². The standard InChI is InChI=1S/C11H8BrF3N4OS/c12-7-1-6(2-8(3-7)20-11(13,14)15)4-17-19-10-18-9(16)5-21-10/h1-5H,16H2,(H,18,19). The summed E-state index contributed by atoms with van der Waals surface area (Å²) in [5.41, 5.74) is 8.48. The van der Waals surface area contributed by atoms with Crippen molar-refractivity contribution in [1.82, 2.24) is 4.98 Å². The van der Waals surface area contributed by atoms with E-state index >= 15 is 0 Å². The van der Waals surface area contributed by atoms with Crippen molar-refractivity contribution in [3.05, 3.63) is 33.6 Å². The number of ether oxygens (including phenoxy) is 1. The topological polar surface area (TPSA) is 72.5 Å². The van der Waals surface area contributed by atoms with E-state index in [1.165, 1.54) is 29.7 Å². The summed E-state index contributed by atoms with van der Waals surface area (Å²) in [4.78, 5) is 3.91. The van der Waals surface area contributed by atoms with E-state index in [1.54, 1.807) is 11.4 Å². The number of benzene rings is 1. The molecule has 0 spiro atoms. The maximum atomic E-state index is 12.2. The van der Waals surface area contributed by atoms with E-state index in [4.69, 9.17) is 5.73 Å². The molecule has 2 rings (SSSR count). The van der Waals surface area contributed by atoms with Crippen molar-refractivity contribution in [3.63, 3.8) is 0 Å². The summed E-state index contributed by atoms with van der Waals surface area (Å²) >= 11 is 4.36. The van der Waals surface area contributed by atoms with E-state index in [9.17, 15) is 13.2 Å². The van der Waals surface area contributed by atoms with Gasteiger partial charge in [0.05, 0.1) is 6.21 Å². The molecular formula is C11H8BrF3N4OS. The van der Waals surface area contributed by atoms with Gasteiger partial charge >= 0.3 is 6.36 Å². The van der Waals surface area contributed by atoms with Crippen LogP contribution in [-0.2, 0) is 0 Å². The van der Waals surface area contributed by atoms with Crippen LogP contribution >= 0.6 is 27.3 Å². The molecule has 1 aromatic heterocycles. The Kier molecular flexibility index (Phi) is 4.68. The predicted molar refractivity (Wildman–Crippen MR) is 78.6 cm³/mol. The van der Waals surface area contributed by atoms with Gasteiger partial charge in [-0.15, -0.1) is 24.5 Å². The summed E-state index contributed by atoms with van der Waals surface area (Å²) in [5.74, 6) is 0.0258. The molecule has 0 saturated carbocycles. The SMILES string of the molecule is Nc1csc(NN=Cc2cc(Br)cc(OC(F)(F)F)c2)n1. The maximum Gasteiger partial charge on any atom is 0.573 e. The first-order valence-electron chi connectivity index (χ1n) is 5.38. The minimum Gasteiger partial charge on any atom is -0.406 e. The largest absolute Gasteiger partial charge is 0.573 e. The maximum absolute atomic E-state index is 12.2. The van der Waals surface area contributed by atoms with Crippen LogP contribution in [0.15, 0.2) is 33.2 Å². The highest BCUT2D eigenvalue weighted by Crippen LogP contribution is 2.26. The number of nitrogens with zero attached hydrogens (tertiary/aromatic N) is 2. The molecule has 10 heteroatoms. The molecule has 0 fully saturated rings. The second-order valence-corrected chi connectivity index (χ2v) is 5.49. The van der Waals surface area contributed by atoms with Gasteiger partial charge in [-0.3, -0.25) is 5.43 Å². The van der Waals surface area contributed by atoms with Crippen LogP contribution < -0.4 is 15.9 Å². The summed E-state index contributed by atoms with van der Waals surface area (Å²) in [5, 5.41) is 5.97. The number of thiazole rings is 1. The average molecular weight is 381 g/mol. The highest BCUT2D eigenvalue weighted by molar-refractivity contribution is 9.10. The van der Waals surface area contributed by atoms with Crippen molar-refractivity contribution in [2.45, 2.75) is 6.36 Å². The van der Waals surface area contributed by atoms with Gasteiger partial charge in [-0.2, -0.15) is 5.10 Å². The van der Waals surface area contributed by atoms with Crippen LogP contribution in [0.3, 0.4) is 0 Å². The van der Waals surface area contributed by atoms with Gasteiger partial charge in [0.15, 0.2) is 0 Å². The molecule has 0 aliphatic rings. The lowest BCUT2D eigenvalue weighted by Crippen LogP contribution is -2.17. The Morgan fingerprint density at radius 2 is 2.14 bits per heavy atom. The van der Waals surface area contributed by atoms with Gasteiger partial charge in [0.2, 0.25) is 5.13 Å². The number of alkyl halides is 3. The van der Waals surface area contributed by atoms with Crippen LogP contribution in [0.25, 0.3) is 0 Å². The summed E-state index contributed by atoms with van der Waals surface area (Å²) in [6.07, 6.45) is -3.41. The molecule has 21 heavy (non-hydrogen) atoms.